The van der Waals surface area contributed by atoms with Crippen molar-refractivity contribution >= 4 is 5.97 Å². The number of ether oxygens (including phenoxy) is 4. The highest BCUT2D eigenvalue weighted by atomic mass is 16.6. The van der Waals surface area contributed by atoms with Gasteiger partial charge in [-0.2, -0.15) is 0 Å². The number of carbonyl (C=O) groups is 1. The predicted octanol–water partition coefficient (Wildman–Crippen LogP) is 3.84. The van der Waals surface area contributed by atoms with Gasteiger partial charge in [-0.15, -0.1) is 0 Å². The Morgan fingerprint density at radius 3 is 1.68 bits per heavy atom. The molecule has 0 atom stereocenters. The number of rotatable bonds is 8. The van der Waals surface area contributed by atoms with Crippen LogP contribution < -0.4 is 14.2 Å². The van der Waals surface area contributed by atoms with Crippen LogP contribution in [0.1, 0.15) is 50.4 Å². The van der Waals surface area contributed by atoms with Gasteiger partial charge in [0.05, 0.1) is 26.9 Å². The van der Waals surface area contributed by atoms with E-state index in [-0.39, 0.29) is 5.97 Å². The van der Waals surface area contributed by atoms with Crippen molar-refractivity contribution in [3.8, 4) is 17.2 Å². The van der Waals surface area contributed by atoms with Gasteiger partial charge in [0.15, 0.2) is 11.5 Å². The summed E-state index contributed by atoms with van der Waals surface area (Å²) in [6.45, 7) is 6.07. The molecule has 0 spiro atoms. The van der Waals surface area contributed by atoms with E-state index in [4.69, 9.17) is 18.9 Å². The Labute approximate surface area is 132 Å². The monoisotopic (exact) mass is 310 g/mol. The van der Waals surface area contributed by atoms with Crippen molar-refractivity contribution in [2.45, 2.75) is 45.6 Å². The Kier molecular flexibility index (Phi) is 6.53. The number of methoxy groups -OCH3 is 3. The van der Waals surface area contributed by atoms with Crippen LogP contribution in [0.2, 0.25) is 0 Å². The first-order chi connectivity index (χ1) is 10.5. The first kappa shape index (κ1) is 18.1. The molecule has 0 saturated heterocycles. The minimum atomic E-state index is -0.433. The molecule has 0 heterocycles. The Morgan fingerprint density at radius 2 is 1.36 bits per heavy atom. The van der Waals surface area contributed by atoms with Crippen LogP contribution in [0.4, 0.5) is 0 Å². The van der Waals surface area contributed by atoms with Crippen molar-refractivity contribution in [3.05, 3.63) is 17.7 Å². The molecule has 0 aliphatic heterocycles. The van der Waals surface area contributed by atoms with Crippen molar-refractivity contribution in [1.82, 2.24) is 0 Å². The summed E-state index contributed by atoms with van der Waals surface area (Å²) in [5, 5.41) is 0. The van der Waals surface area contributed by atoms with Gasteiger partial charge >= 0.3 is 5.97 Å². The quantitative estimate of drug-likeness (QED) is 0.683. The molecule has 1 rings (SSSR count). The maximum absolute atomic E-state index is 12.5. The van der Waals surface area contributed by atoms with Crippen LogP contribution in [0.15, 0.2) is 12.1 Å². The Balaban J connectivity index is 3.18. The van der Waals surface area contributed by atoms with E-state index in [1.165, 1.54) is 21.3 Å². The van der Waals surface area contributed by atoms with Crippen molar-refractivity contribution in [2.24, 2.45) is 0 Å². The van der Waals surface area contributed by atoms with E-state index in [1.54, 1.807) is 12.1 Å². The molecular formula is C17H26O5. The maximum atomic E-state index is 12.5. The zero-order chi connectivity index (χ0) is 16.8. The molecule has 22 heavy (non-hydrogen) atoms. The lowest BCUT2D eigenvalue weighted by Gasteiger charge is -2.30. The molecule has 0 N–H and O–H groups in total. The molecule has 5 heteroatoms. The Bertz CT molecular complexity index is 473. The summed E-state index contributed by atoms with van der Waals surface area (Å²) in [6.07, 6.45) is 2.32. The van der Waals surface area contributed by atoms with Gasteiger partial charge in [0, 0.05) is 0 Å². The van der Waals surface area contributed by atoms with Crippen molar-refractivity contribution < 1.29 is 23.7 Å². The summed E-state index contributed by atoms with van der Waals surface area (Å²) in [5.74, 6) is 0.937. The normalized spacial score (nSPS) is 11.0. The van der Waals surface area contributed by atoms with Crippen molar-refractivity contribution in [2.75, 3.05) is 21.3 Å². The fraction of sp³-hybridized carbons (Fsp3) is 0.588. The summed E-state index contributed by atoms with van der Waals surface area (Å²) < 4.78 is 21.5. The topological polar surface area (TPSA) is 54.0 Å². The summed E-state index contributed by atoms with van der Waals surface area (Å²) in [7, 11) is 4.55. The third-order valence-corrected chi connectivity index (χ3v) is 4.14. The third kappa shape index (κ3) is 3.64. The van der Waals surface area contributed by atoms with E-state index < -0.39 is 5.60 Å². The lowest BCUT2D eigenvalue weighted by molar-refractivity contribution is -0.0249. The van der Waals surface area contributed by atoms with Gasteiger partial charge in [-0.3, -0.25) is 0 Å². The standard InChI is InChI=1S/C17H26O5/c1-7-17(8-2,9-3)22-16(18)12-10-13(19-4)15(21-6)14(11-12)20-5/h10-11H,7-9H2,1-6H3. The lowest BCUT2D eigenvalue weighted by Crippen LogP contribution is -2.33. The summed E-state index contributed by atoms with van der Waals surface area (Å²) in [6, 6.07) is 3.21. The zero-order valence-corrected chi connectivity index (χ0v) is 14.3. The summed E-state index contributed by atoms with van der Waals surface area (Å²) in [5.41, 5.74) is -0.0495. The molecular weight excluding hydrogens is 284 g/mol. The van der Waals surface area contributed by atoms with E-state index in [9.17, 15) is 4.79 Å². The molecule has 0 saturated carbocycles. The Morgan fingerprint density at radius 1 is 0.909 bits per heavy atom. The second-order valence-electron chi connectivity index (χ2n) is 5.05. The van der Waals surface area contributed by atoms with Gasteiger partial charge < -0.3 is 18.9 Å². The second-order valence-corrected chi connectivity index (χ2v) is 5.05. The molecule has 0 amide bonds. The first-order valence-corrected chi connectivity index (χ1v) is 7.54. The molecule has 0 bridgehead atoms. The van der Waals surface area contributed by atoms with E-state index in [0.29, 0.717) is 22.8 Å². The molecule has 124 valence electrons. The summed E-state index contributed by atoms with van der Waals surface area (Å²) in [4.78, 5) is 12.5. The minimum Gasteiger partial charge on any atom is -0.493 e. The number of benzene rings is 1. The molecule has 1 aromatic carbocycles. The fourth-order valence-corrected chi connectivity index (χ4v) is 2.42. The highest BCUT2D eigenvalue weighted by Gasteiger charge is 2.30. The maximum Gasteiger partial charge on any atom is 0.338 e. The van der Waals surface area contributed by atoms with Gasteiger partial charge in [-0.25, -0.2) is 4.79 Å². The van der Waals surface area contributed by atoms with Gasteiger partial charge in [0.25, 0.3) is 0 Å². The number of hydrogen-bond donors (Lipinski definition) is 0. The number of carbonyl (C=O) groups excluding carboxylic acids is 1. The largest absolute Gasteiger partial charge is 0.493 e. The average Bonchev–Trinajstić information content (AvgIpc) is 2.58. The van der Waals surface area contributed by atoms with Crippen LogP contribution in [0, 0.1) is 0 Å². The molecule has 0 aromatic heterocycles. The lowest BCUT2D eigenvalue weighted by atomic mass is 9.94. The van der Waals surface area contributed by atoms with Crippen LogP contribution in [0.5, 0.6) is 17.2 Å². The number of esters is 1. The van der Waals surface area contributed by atoms with Gasteiger partial charge in [-0.1, -0.05) is 20.8 Å². The molecule has 5 nitrogen and oxygen atoms in total. The van der Waals surface area contributed by atoms with Crippen LogP contribution >= 0.6 is 0 Å². The molecule has 0 aliphatic rings. The third-order valence-electron chi connectivity index (χ3n) is 4.14. The van der Waals surface area contributed by atoms with E-state index in [1.807, 2.05) is 20.8 Å². The molecule has 0 unspecified atom stereocenters. The zero-order valence-electron chi connectivity index (χ0n) is 14.3. The van der Waals surface area contributed by atoms with E-state index >= 15 is 0 Å². The molecule has 0 fully saturated rings. The number of hydrogen-bond acceptors (Lipinski definition) is 5. The highest BCUT2D eigenvalue weighted by Crippen LogP contribution is 2.39. The minimum absolute atomic E-state index is 0.384. The highest BCUT2D eigenvalue weighted by molar-refractivity contribution is 5.91. The Hall–Kier alpha value is -1.91. The SMILES string of the molecule is CCC(CC)(CC)OC(=O)c1cc(OC)c(OC)c(OC)c1. The molecule has 0 aliphatic carbocycles. The van der Waals surface area contributed by atoms with Gasteiger partial charge in [0.2, 0.25) is 5.75 Å². The van der Waals surface area contributed by atoms with Crippen LogP contribution in [-0.4, -0.2) is 32.9 Å². The van der Waals surface area contributed by atoms with Gasteiger partial charge in [-0.05, 0) is 31.4 Å². The van der Waals surface area contributed by atoms with Gasteiger partial charge in [0.1, 0.15) is 5.60 Å². The van der Waals surface area contributed by atoms with E-state index in [2.05, 4.69) is 0 Å². The van der Waals surface area contributed by atoms with Crippen molar-refractivity contribution in [1.29, 1.82) is 0 Å². The van der Waals surface area contributed by atoms with Crippen LogP contribution in [0.25, 0.3) is 0 Å². The van der Waals surface area contributed by atoms with Crippen LogP contribution in [-0.2, 0) is 4.74 Å². The fourth-order valence-electron chi connectivity index (χ4n) is 2.42. The van der Waals surface area contributed by atoms with Crippen LogP contribution in [0.3, 0.4) is 0 Å². The van der Waals surface area contributed by atoms with Crippen molar-refractivity contribution in [3.63, 3.8) is 0 Å². The average molecular weight is 310 g/mol. The second kappa shape index (κ2) is 7.92. The molecule has 0 radical (unpaired) electrons. The van der Waals surface area contributed by atoms with E-state index in [0.717, 1.165) is 19.3 Å². The molecule has 1 aromatic rings. The predicted molar refractivity (Wildman–Crippen MR) is 85.1 cm³/mol. The first-order valence-electron chi connectivity index (χ1n) is 7.54. The summed E-state index contributed by atoms with van der Waals surface area (Å²) >= 11 is 0. The smallest absolute Gasteiger partial charge is 0.338 e.